The minimum atomic E-state index is -5.26. The van der Waals surface area contributed by atoms with Crippen LogP contribution in [0.1, 0.15) is 29.5 Å². The van der Waals surface area contributed by atoms with Crippen molar-refractivity contribution < 1.29 is 36.2 Å². The zero-order valence-electron chi connectivity index (χ0n) is 12.0. The lowest BCUT2D eigenvalue weighted by Crippen LogP contribution is -2.56. The van der Waals surface area contributed by atoms with Gasteiger partial charge in [-0.3, -0.25) is 9.48 Å². The molecule has 1 aliphatic rings. The molecule has 1 aliphatic heterocycles. The summed E-state index contributed by atoms with van der Waals surface area (Å²) in [5, 5.41) is 16.0. The third-order valence-electron chi connectivity index (χ3n) is 3.23. The van der Waals surface area contributed by atoms with Crippen LogP contribution in [0.25, 0.3) is 0 Å². The highest BCUT2D eigenvalue weighted by atomic mass is 79.9. The zero-order valence-corrected chi connectivity index (χ0v) is 13.6. The van der Waals surface area contributed by atoms with Crippen LogP contribution in [0.5, 0.6) is 0 Å². The Hall–Kier alpha value is -1.63. The molecule has 1 amide bonds. The summed E-state index contributed by atoms with van der Waals surface area (Å²) in [5.74, 6) is -1.58. The summed E-state index contributed by atoms with van der Waals surface area (Å²) >= 11 is 2.53. The smallest absolute Gasteiger partial charge is 0.362 e. The van der Waals surface area contributed by atoms with E-state index in [1.807, 2.05) is 0 Å². The van der Waals surface area contributed by atoms with E-state index in [0.717, 1.165) is 14.0 Å². The monoisotopic (exact) mass is 422 g/mol. The maximum Gasteiger partial charge on any atom is 0.438 e. The van der Waals surface area contributed by atoms with Crippen molar-refractivity contribution in [1.29, 1.82) is 0 Å². The fraction of sp³-hybridized carbons (Fsp3) is 0.545. The first kappa shape index (κ1) is 18.7. The standard InChI is InChI=1S/C11H9BrF6N4O2/c1-4-3-9(24,11(16,17)18)22(19-4)8(23)6-5(12)7(10(13,14)15)20-21(6)2/h24H,3H2,1-2H3/t9-/m0/s1. The number of hydrogen-bond donors (Lipinski definition) is 1. The van der Waals surface area contributed by atoms with E-state index in [9.17, 15) is 36.2 Å². The van der Waals surface area contributed by atoms with Gasteiger partial charge in [0.2, 0.25) is 0 Å². The quantitative estimate of drug-likeness (QED) is 0.707. The maximum atomic E-state index is 13.1. The van der Waals surface area contributed by atoms with Crippen molar-refractivity contribution >= 4 is 27.5 Å². The van der Waals surface area contributed by atoms with Gasteiger partial charge in [0.05, 0.1) is 4.47 Å². The van der Waals surface area contributed by atoms with Crippen LogP contribution in [0, 0.1) is 0 Å². The third-order valence-corrected chi connectivity index (χ3v) is 3.98. The molecule has 0 saturated heterocycles. The Bertz CT molecular complexity index is 725. The SMILES string of the molecule is CC1=NN(C(=O)c2c(Br)c(C(F)(F)F)nn2C)[C@@](O)(C(F)(F)F)C1. The summed E-state index contributed by atoms with van der Waals surface area (Å²) in [6.45, 7) is 1.14. The molecule has 1 aromatic heterocycles. The summed E-state index contributed by atoms with van der Waals surface area (Å²) in [7, 11) is 0.951. The van der Waals surface area contributed by atoms with Crippen LogP contribution in [0.2, 0.25) is 0 Å². The first-order valence-electron chi connectivity index (χ1n) is 6.17. The van der Waals surface area contributed by atoms with Gasteiger partial charge in [0.15, 0.2) is 5.69 Å². The summed E-state index contributed by atoms with van der Waals surface area (Å²) in [4.78, 5) is 12.3. The number of aromatic nitrogens is 2. The molecule has 0 fully saturated rings. The Morgan fingerprint density at radius 1 is 1.29 bits per heavy atom. The number of amides is 1. The number of rotatable bonds is 1. The van der Waals surface area contributed by atoms with Gasteiger partial charge < -0.3 is 5.11 Å². The molecule has 0 aliphatic carbocycles. The molecule has 13 heteroatoms. The van der Waals surface area contributed by atoms with Crippen molar-refractivity contribution in [2.24, 2.45) is 12.1 Å². The number of carbonyl (C=O) groups excluding carboxylic acids is 1. The van der Waals surface area contributed by atoms with Crippen LogP contribution < -0.4 is 0 Å². The highest BCUT2D eigenvalue weighted by molar-refractivity contribution is 9.10. The number of nitrogens with zero attached hydrogens (tertiary/aromatic N) is 4. The third kappa shape index (κ3) is 2.79. The van der Waals surface area contributed by atoms with Crippen LogP contribution >= 0.6 is 15.9 Å². The van der Waals surface area contributed by atoms with Crippen molar-refractivity contribution in [2.75, 3.05) is 0 Å². The maximum absolute atomic E-state index is 13.1. The fourth-order valence-corrected chi connectivity index (χ4v) is 2.90. The number of hydrogen-bond acceptors (Lipinski definition) is 4. The van der Waals surface area contributed by atoms with E-state index in [2.05, 4.69) is 26.1 Å². The van der Waals surface area contributed by atoms with Crippen molar-refractivity contribution in [3.05, 3.63) is 15.9 Å². The fourth-order valence-electron chi connectivity index (χ4n) is 2.17. The summed E-state index contributed by atoms with van der Waals surface area (Å²) in [6.07, 6.45) is -11.2. The van der Waals surface area contributed by atoms with Crippen LogP contribution in [0.15, 0.2) is 9.57 Å². The van der Waals surface area contributed by atoms with Crippen molar-refractivity contribution in [2.45, 2.75) is 31.4 Å². The number of carbonyl (C=O) groups is 1. The van der Waals surface area contributed by atoms with Gasteiger partial charge in [-0.15, -0.1) is 0 Å². The number of halogens is 7. The Morgan fingerprint density at radius 2 is 1.83 bits per heavy atom. The molecule has 1 aromatic rings. The molecular weight excluding hydrogens is 414 g/mol. The van der Waals surface area contributed by atoms with Gasteiger partial charge in [0.25, 0.3) is 11.6 Å². The van der Waals surface area contributed by atoms with Crippen LogP contribution in [-0.2, 0) is 13.2 Å². The van der Waals surface area contributed by atoms with Crippen molar-refractivity contribution in [3.63, 3.8) is 0 Å². The van der Waals surface area contributed by atoms with E-state index in [0.29, 0.717) is 4.68 Å². The van der Waals surface area contributed by atoms with Gasteiger partial charge >= 0.3 is 12.4 Å². The summed E-state index contributed by atoms with van der Waals surface area (Å²) in [5.41, 5.74) is -6.17. The molecular formula is C11H9BrF6N4O2. The Balaban J connectivity index is 2.55. The Kier molecular flexibility index (Phi) is 4.24. The molecule has 24 heavy (non-hydrogen) atoms. The van der Waals surface area contributed by atoms with Crippen LogP contribution in [0.3, 0.4) is 0 Å². The summed E-state index contributed by atoms with van der Waals surface area (Å²) < 4.78 is 77.3. The molecule has 0 aromatic carbocycles. The highest BCUT2D eigenvalue weighted by Gasteiger charge is 2.63. The first-order valence-corrected chi connectivity index (χ1v) is 6.97. The van der Waals surface area contributed by atoms with E-state index in [1.165, 1.54) is 0 Å². The average Bonchev–Trinajstić information content (AvgIpc) is 2.85. The number of alkyl halides is 6. The molecule has 1 N–H and O–H groups in total. The zero-order chi connectivity index (χ0) is 18.7. The normalized spacial score (nSPS) is 22.1. The molecule has 0 bridgehead atoms. The van der Waals surface area contributed by atoms with Crippen LogP contribution in [0.4, 0.5) is 26.3 Å². The predicted molar refractivity (Wildman–Crippen MR) is 70.8 cm³/mol. The van der Waals surface area contributed by atoms with Gasteiger partial charge in [0.1, 0.15) is 5.69 Å². The average molecular weight is 423 g/mol. The molecule has 6 nitrogen and oxygen atoms in total. The predicted octanol–water partition coefficient (Wildman–Crippen LogP) is 2.67. The number of hydrazone groups is 1. The van der Waals surface area contributed by atoms with E-state index in [-0.39, 0.29) is 10.7 Å². The van der Waals surface area contributed by atoms with Gasteiger partial charge in [-0.1, -0.05) is 0 Å². The molecule has 0 unspecified atom stereocenters. The van der Waals surface area contributed by atoms with Crippen LogP contribution in [-0.4, -0.2) is 43.4 Å². The van der Waals surface area contributed by atoms with Crippen molar-refractivity contribution in [3.8, 4) is 0 Å². The lowest BCUT2D eigenvalue weighted by molar-refractivity contribution is -0.297. The lowest BCUT2D eigenvalue weighted by Gasteiger charge is -2.32. The van der Waals surface area contributed by atoms with Gasteiger partial charge in [-0.05, 0) is 22.9 Å². The largest absolute Gasteiger partial charge is 0.438 e. The Morgan fingerprint density at radius 3 is 2.25 bits per heavy atom. The molecule has 134 valence electrons. The van der Waals surface area contributed by atoms with Crippen molar-refractivity contribution in [1.82, 2.24) is 14.8 Å². The number of aliphatic hydroxyl groups is 1. The van der Waals surface area contributed by atoms with E-state index < -0.39 is 46.3 Å². The van der Waals surface area contributed by atoms with E-state index >= 15 is 0 Å². The second-order valence-electron chi connectivity index (χ2n) is 5.08. The van der Waals surface area contributed by atoms with Gasteiger partial charge in [-0.25, -0.2) is 0 Å². The number of aryl methyl sites for hydroxylation is 1. The van der Waals surface area contributed by atoms with E-state index in [4.69, 9.17) is 0 Å². The molecule has 0 saturated carbocycles. The molecule has 0 radical (unpaired) electrons. The molecule has 1 atom stereocenters. The first-order chi connectivity index (χ1) is 10.7. The Labute approximate surface area is 138 Å². The molecule has 0 spiro atoms. The second kappa shape index (κ2) is 5.44. The highest BCUT2D eigenvalue weighted by Crippen LogP contribution is 2.42. The minimum Gasteiger partial charge on any atom is -0.362 e. The van der Waals surface area contributed by atoms with Gasteiger partial charge in [-0.2, -0.15) is 41.6 Å². The molecule has 2 rings (SSSR count). The second-order valence-corrected chi connectivity index (χ2v) is 5.87. The van der Waals surface area contributed by atoms with Gasteiger partial charge in [0, 0.05) is 19.2 Å². The lowest BCUT2D eigenvalue weighted by atomic mass is 10.1. The van der Waals surface area contributed by atoms with E-state index in [1.54, 1.807) is 0 Å². The molecule has 2 heterocycles. The topological polar surface area (TPSA) is 70.7 Å². The minimum absolute atomic E-state index is 0.211. The summed E-state index contributed by atoms with van der Waals surface area (Å²) in [6, 6.07) is 0.